The Morgan fingerprint density at radius 3 is 3.00 bits per heavy atom. The smallest absolute Gasteiger partial charge is 0.0700 e. The van der Waals surface area contributed by atoms with E-state index in [-0.39, 0.29) is 0 Å². The molecule has 1 unspecified atom stereocenters. The highest BCUT2D eigenvalue weighted by atomic mass is 16.5. The molecule has 1 saturated heterocycles. The lowest BCUT2D eigenvalue weighted by Gasteiger charge is -2.12. The molecule has 1 aromatic carbocycles. The van der Waals surface area contributed by atoms with E-state index in [1.807, 2.05) is 18.2 Å². The van der Waals surface area contributed by atoms with Gasteiger partial charge in [-0.15, -0.1) is 0 Å². The predicted octanol–water partition coefficient (Wildman–Crippen LogP) is 1.12. The van der Waals surface area contributed by atoms with Gasteiger partial charge >= 0.3 is 0 Å². The highest BCUT2D eigenvalue weighted by Gasteiger charge is 2.14. The molecule has 0 aliphatic carbocycles. The number of nitrogens with two attached hydrogens (primary N) is 2. The van der Waals surface area contributed by atoms with Crippen LogP contribution in [0, 0.1) is 0 Å². The number of ether oxygens (including phenoxy) is 1. The third kappa shape index (κ3) is 2.87. The van der Waals surface area contributed by atoms with Crippen molar-refractivity contribution in [1.29, 1.82) is 0 Å². The molecule has 0 spiro atoms. The van der Waals surface area contributed by atoms with E-state index in [0.717, 1.165) is 43.1 Å². The quantitative estimate of drug-likeness (QED) is 0.666. The first-order valence-corrected chi connectivity index (χ1v) is 5.72. The molecular weight excluding hydrogens is 202 g/mol. The van der Waals surface area contributed by atoms with Crippen LogP contribution in [0.1, 0.15) is 18.4 Å². The zero-order valence-corrected chi connectivity index (χ0v) is 9.41. The molecule has 0 amide bonds. The van der Waals surface area contributed by atoms with Crippen molar-refractivity contribution >= 4 is 11.4 Å². The lowest BCUT2D eigenvalue weighted by Crippen LogP contribution is -2.26. The van der Waals surface area contributed by atoms with Crippen molar-refractivity contribution in [3.8, 4) is 0 Å². The maximum atomic E-state index is 5.86. The van der Waals surface area contributed by atoms with Crippen LogP contribution in [-0.2, 0) is 11.3 Å². The summed E-state index contributed by atoms with van der Waals surface area (Å²) in [6.07, 6.45) is 2.69. The van der Waals surface area contributed by atoms with Gasteiger partial charge in [-0.2, -0.15) is 0 Å². The van der Waals surface area contributed by atoms with Crippen molar-refractivity contribution in [2.45, 2.75) is 25.5 Å². The van der Waals surface area contributed by atoms with Crippen molar-refractivity contribution < 1.29 is 4.74 Å². The maximum Gasteiger partial charge on any atom is 0.0700 e. The maximum absolute atomic E-state index is 5.86. The molecule has 0 bridgehead atoms. The fourth-order valence-corrected chi connectivity index (χ4v) is 1.95. The predicted molar refractivity (Wildman–Crippen MR) is 65.9 cm³/mol. The average molecular weight is 221 g/mol. The average Bonchev–Trinajstić information content (AvgIpc) is 2.76. The molecule has 1 fully saturated rings. The Kier molecular flexibility index (Phi) is 3.64. The first-order valence-electron chi connectivity index (χ1n) is 5.72. The molecule has 0 aromatic heterocycles. The minimum Gasteiger partial charge on any atom is -0.399 e. The summed E-state index contributed by atoms with van der Waals surface area (Å²) in [6.45, 7) is 2.53. The van der Waals surface area contributed by atoms with Crippen molar-refractivity contribution in [3.05, 3.63) is 23.8 Å². The normalized spacial score (nSPS) is 20.1. The topological polar surface area (TPSA) is 73.3 Å². The van der Waals surface area contributed by atoms with Crippen LogP contribution in [0.3, 0.4) is 0 Å². The number of hydrogen-bond donors (Lipinski definition) is 3. The van der Waals surface area contributed by atoms with Gasteiger partial charge in [-0.3, -0.25) is 0 Å². The Balaban J connectivity index is 1.82. The molecule has 16 heavy (non-hydrogen) atoms. The molecule has 88 valence electrons. The van der Waals surface area contributed by atoms with E-state index < -0.39 is 0 Å². The van der Waals surface area contributed by atoms with Gasteiger partial charge in [0.25, 0.3) is 0 Å². The summed E-state index contributed by atoms with van der Waals surface area (Å²) in [4.78, 5) is 0. The molecule has 4 nitrogen and oxygen atoms in total. The van der Waals surface area contributed by atoms with Gasteiger partial charge in [0, 0.05) is 31.1 Å². The van der Waals surface area contributed by atoms with Crippen LogP contribution >= 0.6 is 0 Å². The van der Waals surface area contributed by atoms with Crippen molar-refractivity contribution in [3.63, 3.8) is 0 Å². The van der Waals surface area contributed by atoms with Gasteiger partial charge in [0.1, 0.15) is 0 Å². The third-order valence-electron chi connectivity index (χ3n) is 2.88. The van der Waals surface area contributed by atoms with Gasteiger partial charge in [-0.05, 0) is 36.6 Å². The van der Waals surface area contributed by atoms with E-state index in [9.17, 15) is 0 Å². The van der Waals surface area contributed by atoms with E-state index in [0.29, 0.717) is 6.10 Å². The summed E-state index contributed by atoms with van der Waals surface area (Å²) in [6, 6.07) is 5.58. The Morgan fingerprint density at radius 1 is 1.38 bits per heavy atom. The summed E-state index contributed by atoms with van der Waals surface area (Å²) in [5.74, 6) is 0. The summed E-state index contributed by atoms with van der Waals surface area (Å²) >= 11 is 0. The van der Waals surface area contributed by atoms with Crippen LogP contribution in [0.4, 0.5) is 11.4 Å². The Morgan fingerprint density at radius 2 is 2.25 bits per heavy atom. The second-order valence-corrected chi connectivity index (χ2v) is 4.22. The molecule has 5 N–H and O–H groups in total. The second kappa shape index (κ2) is 5.18. The van der Waals surface area contributed by atoms with Gasteiger partial charge in [0.05, 0.1) is 6.10 Å². The summed E-state index contributed by atoms with van der Waals surface area (Å²) < 4.78 is 5.53. The molecule has 1 atom stereocenters. The van der Waals surface area contributed by atoms with Crippen molar-refractivity contribution in [2.24, 2.45) is 0 Å². The lowest BCUT2D eigenvalue weighted by atomic mass is 10.1. The van der Waals surface area contributed by atoms with Crippen molar-refractivity contribution in [1.82, 2.24) is 5.32 Å². The molecule has 0 saturated carbocycles. The van der Waals surface area contributed by atoms with Crippen LogP contribution < -0.4 is 16.8 Å². The fourth-order valence-electron chi connectivity index (χ4n) is 1.95. The van der Waals surface area contributed by atoms with Gasteiger partial charge in [-0.1, -0.05) is 0 Å². The molecule has 4 heteroatoms. The minimum absolute atomic E-state index is 0.363. The molecular formula is C12H19N3O. The van der Waals surface area contributed by atoms with E-state index in [1.54, 1.807) is 0 Å². The van der Waals surface area contributed by atoms with Crippen LogP contribution in [-0.4, -0.2) is 19.3 Å². The number of nitrogens with one attached hydrogen (secondary N) is 1. The van der Waals surface area contributed by atoms with Gasteiger partial charge in [0.15, 0.2) is 0 Å². The minimum atomic E-state index is 0.363. The van der Waals surface area contributed by atoms with Gasteiger partial charge in [0.2, 0.25) is 0 Å². The van der Waals surface area contributed by atoms with E-state index in [2.05, 4.69) is 5.32 Å². The summed E-state index contributed by atoms with van der Waals surface area (Å²) in [5.41, 5.74) is 14.2. The number of nitrogen functional groups attached to an aromatic ring is 2. The van der Waals surface area contributed by atoms with Crippen molar-refractivity contribution in [2.75, 3.05) is 24.6 Å². The zero-order chi connectivity index (χ0) is 11.4. The van der Waals surface area contributed by atoms with E-state index >= 15 is 0 Å². The SMILES string of the molecule is Nc1ccc(N)c(CNCC2CCCO2)c1. The third-order valence-corrected chi connectivity index (χ3v) is 2.88. The first-order chi connectivity index (χ1) is 7.75. The van der Waals surface area contributed by atoms with Crippen LogP contribution in [0.5, 0.6) is 0 Å². The number of anilines is 2. The lowest BCUT2D eigenvalue weighted by molar-refractivity contribution is 0.110. The summed E-state index contributed by atoms with van der Waals surface area (Å²) in [5, 5.41) is 3.35. The van der Waals surface area contributed by atoms with Crippen LogP contribution in [0.15, 0.2) is 18.2 Å². The monoisotopic (exact) mass is 221 g/mol. The molecule has 0 radical (unpaired) electrons. The van der Waals surface area contributed by atoms with Gasteiger partial charge < -0.3 is 21.5 Å². The standard InChI is InChI=1S/C12H19N3O/c13-10-3-4-12(14)9(6-10)7-15-8-11-2-1-5-16-11/h3-4,6,11,15H,1-2,5,7-8,13-14H2. The Labute approximate surface area is 96.0 Å². The molecule has 2 rings (SSSR count). The first kappa shape index (κ1) is 11.2. The van der Waals surface area contributed by atoms with E-state index in [4.69, 9.17) is 16.2 Å². The molecule has 1 aromatic rings. The fraction of sp³-hybridized carbons (Fsp3) is 0.500. The van der Waals surface area contributed by atoms with Crippen LogP contribution in [0.2, 0.25) is 0 Å². The molecule has 1 aliphatic heterocycles. The zero-order valence-electron chi connectivity index (χ0n) is 9.41. The summed E-state index contributed by atoms with van der Waals surface area (Å²) in [7, 11) is 0. The van der Waals surface area contributed by atoms with E-state index in [1.165, 1.54) is 6.42 Å². The largest absolute Gasteiger partial charge is 0.399 e. The molecule has 1 heterocycles. The number of rotatable bonds is 4. The highest BCUT2D eigenvalue weighted by Crippen LogP contribution is 2.16. The second-order valence-electron chi connectivity index (χ2n) is 4.22. The highest BCUT2D eigenvalue weighted by molar-refractivity contribution is 5.55. The number of benzene rings is 1. The van der Waals surface area contributed by atoms with Gasteiger partial charge in [-0.25, -0.2) is 0 Å². The van der Waals surface area contributed by atoms with Crippen LogP contribution in [0.25, 0.3) is 0 Å². The number of hydrogen-bond acceptors (Lipinski definition) is 4. The Hall–Kier alpha value is -1.26. The molecule has 1 aliphatic rings. The Bertz CT molecular complexity index is 348.